The van der Waals surface area contributed by atoms with Crippen molar-refractivity contribution in [3.8, 4) is 0 Å². The molecular formula is C21H22N6O2. The predicted octanol–water partition coefficient (Wildman–Crippen LogP) is 2.71. The van der Waals surface area contributed by atoms with Crippen molar-refractivity contribution in [1.82, 2.24) is 20.1 Å². The Morgan fingerprint density at radius 1 is 1.03 bits per heavy atom. The van der Waals surface area contributed by atoms with E-state index in [1.807, 2.05) is 4.68 Å². The number of hydrogen-bond donors (Lipinski definition) is 3. The Bertz CT molecular complexity index is 995. The van der Waals surface area contributed by atoms with Crippen molar-refractivity contribution in [1.29, 1.82) is 0 Å². The van der Waals surface area contributed by atoms with Crippen molar-refractivity contribution in [3.63, 3.8) is 0 Å². The van der Waals surface area contributed by atoms with E-state index < -0.39 is 0 Å². The number of benzene rings is 1. The van der Waals surface area contributed by atoms with Crippen molar-refractivity contribution in [2.75, 3.05) is 23.7 Å². The summed E-state index contributed by atoms with van der Waals surface area (Å²) in [5.41, 5.74) is 2.14. The lowest BCUT2D eigenvalue weighted by Gasteiger charge is -2.22. The Morgan fingerprint density at radius 2 is 1.83 bits per heavy atom. The van der Waals surface area contributed by atoms with Crippen LogP contribution in [0.5, 0.6) is 0 Å². The van der Waals surface area contributed by atoms with Gasteiger partial charge >= 0.3 is 0 Å². The first-order chi connectivity index (χ1) is 14.2. The summed E-state index contributed by atoms with van der Waals surface area (Å²) in [5.74, 6) is -0.517. The Hall–Kier alpha value is -3.52. The molecule has 2 amide bonds. The Kier molecular flexibility index (Phi) is 5.62. The molecule has 1 unspecified atom stereocenters. The lowest BCUT2D eigenvalue weighted by Crippen LogP contribution is -2.31. The summed E-state index contributed by atoms with van der Waals surface area (Å²) in [5, 5.41) is 13.3. The zero-order chi connectivity index (χ0) is 20.1. The average Bonchev–Trinajstić information content (AvgIpc) is 3.26. The van der Waals surface area contributed by atoms with Crippen molar-refractivity contribution >= 4 is 23.2 Å². The fourth-order valence-corrected chi connectivity index (χ4v) is 3.29. The van der Waals surface area contributed by atoms with Crippen molar-refractivity contribution in [2.24, 2.45) is 0 Å². The number of amides is 2. The van der Waals surface area contributed by atoms with E-state index in [0.29, 0.717) is 22.5 Å². The first-order valence-electron chi connectivity index (χ1n) is 9.57. The van der Waals surface area contributed by atoms with Crippen LogP contribution >= 0.6 is 0 Å². The first kappa shape index (κ1) is 18.8. The van der Waals surface area contributed by atoms with E-state index in [1.54, 1.807) is 61.2 Å². The monoisotopic (exact) mass is 390 g/mol. The highest BCUT2D eigenvalue weighted by atomic mass is 16.2. The molecule has 4 rings (SSSR count). The van der Waals surface area contributed by atoms with E-state index in [9.17, 15) is 9.59 Å². The van der Waals surface area contributed by atoms with Crippen LogP contribution < -0.4 is 16.0 Å². The molecule has 2 aromatic heterocycles. The smallest absolute Gasteiger partial charge is 0.258 e. The van der Waals surface area contributed by atoms with Gasteiger partial charge in [0.2, 0.25) is 0 Å². The second-order valence-corrected chi connectivity index (χ2v) is 6.93. The Balaban J connectivity index is 1.41. The molecule has 1 saturated heterocycles. The van der Waals surface area contributed by atoms with Crippen LogP contribution in [0.4, 0.5) is 11.4 Å². The van der Waals surface area contributed by atoms with Crippen LogP contribution in [0.25, 0.3) is 0 Å². The number of carbonyl (C=O) groups excluding carboxylic acids is 2. The minimum Gasteiger partial charge on any atom is -0.322 e. The van der Waals surface area contributed by atoms with E-state index in [-0.39, 0.29) is 17.9 Å². The summed E-state index contributed by atoms with van der Waals surface area (Å²) < 4.78 is 1.85. The van der Waals surface area contributed by atoms with Gasteiger partial charge in [0.1, 0.15) is 0 Å². The fraction of sp³-hybridized carbons (Fsp3) is 0.238. The molecule has 8 nitrogen and oxygen atoms in total. The van der Waals surface area contributed by atoms with E-state index in [4.69, 9.17) is 0 Å². The first-order valence-corrected chi connectivity index (χ1v) is 9.57. The highest BCUT2D eigenvalue weighted by Crippen LogP contribution is 2.18. The molecule has 1 aliphatic rings. The van der Waals surface area contributed by atoms with Crippen LogP contribution in [0.3, 0.4) is 0 Å². The zero-order valence-corrected chi connectivity index (χ0v) is 15.8. The number of nitrogens with one attached hydrogen (secondary N) is 3. The largest absolute Gasteiger partial charge is 0.322 e. The van der Waals surface area contributed by atoms with E-state index in [2.05, 4.69) is 26.0 Å². The zero-order valence-electron chi connectivity index (χ0n) is 15.8. The van der Waals surface area contributed by atoms with Crippen molar-refractivity contribution < 1.29 is 9.59 Å². The molecular weight excluding hydrogens is 368 g/mol. The van der Waals surface area contributed by atoms with Gasteiger partial charge < -0.3 is 16.0 Å². The maximum absolute atomic E-state index is 12.6. The van der Waals surface area contributed by atoms with Crippen molar-refractivity contribution in [2.45, 2.75) is 18.9 Å². The molecule has 1 fully saturated rings. The van der Waals surface area contributed by atoms with Crippen LogP contribution in [-0.4, -0.2) is 39.7 Å². The number of piperidine rings is 1. The summed E-state index contributed by atoms with van der Waals surface area (Å²) in [4.78, 5) is 29.0. The minimum atomic E-state index is -0.259. The van der Waals surface area contributed by atoms with E-state index in [0.717, 1.165) is 25.9 Å². The highest BCUT2D eigenvalue weighted by Gasteiger charge is 2.18. The van der Waals surface area contributed by atoms with Gasteiger partial charge in [0, 0.05) is 42.1 Å². The number of carbonyl (C=O) groups is 2. The summed E-state index contributed by atoms with van der Waals surface area (Å²) in [6.07, 6.45) is 8.70. The molecule has 1 aliphatic heterocycles. The molecule has 1 aromatic carbocycles. The molecule has 3 heterocycles. The summed E-state index contributed by atoms with van der Waals surface area (Å²) in [6, 6.07) is 10.5. The molecule has 0 aliphatic carbocycles. The predicted molar refractivity (Wildman–Crippen MR) is 110 cm³/mol. The molecule has 0 saturated carbocycles. The molecule has 8 heteroatoms. The fourth-order valence-electron chi connectivity index (χ4n) is 3.29. The molecule has 0 bridgehead atoms. The maximum Gasteiger partial charge on any atom is 0.258 e. The van der Waals surface area contributed by atoms with Gasteiger partial charge in [-0.25, -0.2) is 0 Å². The van der Waals surface area contributed by atoms with Crippen LogP contribution in [0.2, 0.25) is 0 Å². The third-order valence-corrected chi connectivity index (χ3v) is 4.83. The lowest BCUT2D eigenvalue weighted by atomic mass is 10.1. The molecule has 0 radical (unpaired) electrons. The second kappa shape index (κ2) is 8.66. The summed E-state index contributed by atoms with van der Waals surface area (Å²) >= 11 is 0. The standard InChI is InChI=1S/C21H22N6O2/c28-20(25-17-6-9-22-10-7-17)15-3-1-4-18(11-15)26-21(29)16-12-24-27(14-16)19-5-2-8-23-13-19/h1,3-4,6-7,9-12,14,19,23H,2,5,8,13H2,(H,26,29)(H,22,25,28). The van der Waals surface area contributed by atoms with Gasteiger partial charge in [0.05, 0.1) is 17.8 Å². The second-order valence-electron chi connectivity index (χ2n) is 6.93. The minimum absolute atomic E-state index is 0.258. The van der Waals surface area contributed by atoms with Crippen LogP contribution in [-0.2, 0) is 0 Å². The molecule has 3 N–H and O–H groups in total. The number of rotatable bonds is 5. The summed E-state index contributed by atoms with van der Waals surface area (Å²) in [6.45, 7) is 1.88. The lowest BCUT2D eigenvalue weighted by molar-refractivity contribution is 0.101. The summed E-state index contributed by atoms with van der Waals surface area (Å²) in [7, 11) is 0. The van der Waals surface area contributed by atoms with Gasteiger partial charge in [-0.05, 0) is 49.7 Å². The van der Waals surface area contributed by atoms with Crippen molar-refractivity contribution in [3.05, 3.63) is 72.3 Å². The van der Waals surface area contributed by atoms with Crippen LogP contribution in [0, 0.1) is 0 Å². The van der Waals surface area contributed by atoms with Gasteiger partial charge in [0.25, 0.3) is 11.8 Å². The third-order valence-electron chi connectivity index (χ3n) is 4.83. The molecule has 1 atom stereocenters. The number of hydrogen-bond acceptors (Lipinski definition) is 5. The molecule has 0 spiro atoms. The van der Waals surface area contributed by atoms with Gasteiger partial charge in [-0.15, -0.1) is 0 Å². The Morgan fingerprint density at radius 3 is 2.62 bits per heavy atom. The SMILES string of the molecule is O=C(Nc1ccncc1)c1cccc(NC(=O)c2cnn(C3CCCNC3)c2)c1. The van der Waals surface area contributed by atoms with Gasteiger partial charge in [0.15, 0.2) is 0 Å². The third kappa shape index (κ3) is 4.67. The van der Waals surface area contributed by atoms with Crippen LogP contribution in [0.1, 0.15) is 39.6 Å². The molecule has 3 aromatic rings. The molecule has 148 valence electrons. The van der Waals surface area contributed by atoms with Gasteiger partial charge in [-0.3, -0.25) is 19.3 Å². The number of aromatic nitrogens is 3. The van der Waals surface area contributed by atoms with E-state index in [1.165, 1.54) is 0 Å². The quantitative estimate of drug-likeness (QED) is 0.622. The van der Waals surface area contributed by atoms with Gasteiger partial charge in [-0.1, -0.05) is 6.07 Å². The number of anilines is 2. The van der Waals surface area contributed by atoms with Gasteiger partial charge in [-0.2, -0.15) is 5.10 Å². The van der Waals surface area contributed by atoms with Crippen LogP contribution in [0.15, 0.2) is 61.2 Å². The topological polar surface area (TPSA) is 101 Å². The number of pyridine rings is 1. The normalized spacial score (nSPS) is 16.2. The Labute approximate surface area is 168 Å². The highest BCUT2D eigenvalue weighted by molar-refractivity contribution is 6.07. The maximum atomic E-state index is 12.6. The average molecular weight is 390 g/mol. The molecule has 29 heavy (non-hydrogen) atoms. The van der Waals surface area contributed by atoms with E-state index >= 15 is 0 Å². The number of nitrogens with zero attached hydrogens (tertiary/aromatic N) is 3.